The van der Waals surface area contributed by atoms with Crippen molar-refractivity contribution in [3.05, 3.63) is 70.2 Å². The number of ether oxygens (including phenoxy) is 1. The summed E-state index contributed by atoms with van der Waals surface area (Å²) in [6.45, 7) is 0. The summed E-state index contributed by atoms with van der Waals surface area (Å²) in [6.07, 6.45) is 0. The van der Waals surface area contributed by atoms with Crippen LogP contribution in [-0.4, -0.2) is 19.0 Å². The number of hydrogen-bond acceptors (Lipinski definition) is 3. The maximum Gasteiger partial charge on any atom is 0.333 e. The molecule has 0 radical (unpaired) electrons. The normalized spacial score (nSPS) is 11.5. The number of carbonyl (C=O) groups is 2. The summed E-state index contributed by atoms with van der Waals surface area (Å²) in [6, 6.07) is 15.2. The molecule has 0 unspecified atom stereocenters. The Balaban J connectivity index is 2.26. The lowest BCUT2D eigenvalue weighted by Crippen LogP contribution is -2.34. The second kappa shape index (κ2) is 7.04. The predicted molar refractivity (Wildman–Crippen MR) is 82.8 cm³/mol. The second-order valence-corrected chi connectivity index (χ2v) is 5.17. The molecule has 0 bridgehead atoms. The number of carbonyl (C=O) groups excluding carboxylic acids is 2. The first-order chi connectivity index (χ1) is 10.1. The fraction of sp³-hybridized carbons (Fsp3) is 0.125. The zero-order valence-corrected chi connectivity index (χ0v) is 13.0. The standard InChI is InChI=1S/C16H14BrNO3/c1-21-16(20)14(11-7-3-2-4-8-11)18-15(19)12-9-5-6-10-13(12)17/h2-10,14H,1H3,(H,18,19)/t14-/m1/s1. The van der Waals surface area contributed by atoms with E-state index in [-0.39, 0.29) is 5.91 Å². The number of benzene rings is 2. The highest BCUT2D eigenvalue weighted by Crippen LogP contribution is 2.19. The lowest BCUT2D eigenvalue weighted by molar-refractivity contribution is -0.143. The fourth-order valence-electron chi connectivity index (χ4n) is 1.90. The Morgan fingerprint density at radius 2 is 1.67 bits per heavy atom. The molecule has 21 heavy (non-hydrogen) atoms. The van der Waals surface area contributed by atoms with Crippen LogP contribution in [-0.2, 0) is 9.53 Å². The molecular weight excluding hydrogens is 334 g/mol. The van der Waals surface area contributed by atoms with Crippen LogP contribution < -0.4 is 5.32 Å². The van der Waals surface area contributed by atoms with Crippen LogP contribution in [0.2, 0.25) is 0 Å². The maximum atomic E-state index is 12.3. The van der Waals surface area contributed by atoms with Crippen LogP contribution in [0.3, 0.4) is 0 Å². The molecule has 0 fully saturated rings. The fourth-order valence-corrected chi connectivity index (χ4v) is 2.36. The van der Waals surface area contributed by atoms with Crippen molar-refractivity contribution < 1.29 is 14.3 Å². The number of methoxy groups -OCH3 is 1. The number of nitrogens with one attached hydrogen (secondary N) is 1. The van der Waals surface area contributed by atoms with E-state index in [1.54, 1.807) is 42.5 Å². The number of halogens is 1. The third kappa shape index (κ3) is 3.70. The van der Waals surface area contributed by atoms with Gasteiger partial charge in [-0.1, -0.05) is 42.5 Å². The monoisotopic (exact) mass is 347 g/mol. The summed E-state index contributed by atoms with van der Waals surface area (Å²) in [5.41, 5.74) is 1.13. The van der Waals surface area contributed by atoms with Crippen molar-refractivity contribution in [2.24, 2.45) is 0 Å². The minimum atomic E-state index is -0.837. The van der Waals surface area contributed by atoms with Gasteiger partial charge in [-0.15, -0.1) is 0 Å². The van der Waals surface area contributed by atoms with Crippen molar-refractivity contribution >= 4 is 27.8 Å². The molecule has 5 heteroatoms. The van der Waals surface area contributed by atoms with Crippen LogP contribution >= 0.6 is 15.9 Å². The Morgan fingerprint density at radius 3 is 2.29 bits per heavy atom. The molecule has 108 valence electrons. The summed E-state index contributed by atoms with van der Waals surface area (Å²) in [4.78, 5) is 24.2. The van der Waals surface area contributed by atoms with E-state index in [0.29, 0.717) is 15.6 Å². The zero-order valence-electron chi connectivity index (χ0n) is 11.4. The third-order valence-corrected chi connectivity index (χ3v) is 3.66. The van der Waals surface area contributed by atoms with Gasteiger partial charge in [-0.05, 0) is 33.6 Å². The number of esters is 1. The van der Waals surface area contributed by atoms with E-state index in [1.165, 1.54) is 7.11 Å². The Bertz CT molecular complexity index is 643. The minimum Gasteiger partial charge on any atom is -0.467 e. The maximum absolute atomic E-state index is 12.3. The van der Waals surface area contributed by atoms with E-state index < -0.39 is 12.0 Å². The molecule has 1 atom stereocenters. The van der Waals surface area contributed by atoms with Gasteiger partial charge < -0.3 is 10.1 Å². The number of hydrogen-bond donors (Lipinski definition) is 1. The highest BCUT2D eigenvalue weighted by molar-refractivity contribution is 9.10. The summed E-state index contributed by atoms with van der Waals surface area (Å²) in [5, 5.41) is 2.70. The number of amides is 1. The minimum absolute atomic E-state index is 0.346. The van der Waals surface area contributed by atoms with Crippen molar-refractivity contribution in [3.63, 3.8) is 0 Å². The van der Waals surface area contributed by atoms with Crippen LogP contribution in [0, 0.1) is 0 Å². The molecule has 4 nitrogen and oxygen atoms in total. The van der Waals surface area contributed by atoms with E-state index in [9.17, 15) is 9.59 Å². The van der Waals surface area contributed by atoms with Crippen molar-refractivity contribution in [1.29, 1.82) is 0 Å². The quantitative estimate of drug-likeness (QED) is 0.864. The molecule has 0 aliphatic heterocycles. The SMILES string of the molecule is COC(=O)[C@H](NC(=O)c1ccccc1Br)c1ccccc1. The van der Waals surface area contributed by atoms with E-state index >= 15 is 0 Å². The van der Waals surface area contributed by atoms with Crippen LogP contribution in [0.25, 0.3) is 0 Å². The Hall–Kier alpha value is -2.14. The summed E-state index contributed by atoms with van der Waals surface area (Å²) < 4.78 is 5.43. The van der Waals surface area contributed by atoms with Crippen LogP contribution in [0.15, 0.2) is 59.1 Å². The molecule has 1 amide bonds. The molecule has 0 aliphatic rings. The average Bonchev–Trinajstić information content (AvgIpc) is 2.53. The van der Waals surface area contributed by atoms with Gasteiger partial charge in [0.05, 0.1) is 12.7 Å². The van der Waals surface area contributed by atoms with Crippen molar-refractivity contribution in [3.8, 4) is 0 Å². The molecule has 2 aromatic rings. The van der Waals surface area contributed by atoms with Gasteiger partial charge in [0.1, 0.15) is 0 Å². The summed E-state index contributed by atoms with van der Waals surface area (Å²) in [7, 11) is 1.29. The van der Waals surface area contributed by atoms with Gasteiger partial charge in [0.15, 0.2) is 6.04 Å². The smallest absolute Gasteiger partial charge is 0.333 e. The molecule has 2 rings (SSSR count). The molecule has 1 N–H and O–H groups in total. The van der Waals surface area contributed by atoms with Gasteiger partial charge in [-0.25, -0.2) is 4.79 Å². The van der Waals surface area contributed by atoms with Gasteiger partial charge >= 0.3 is 5.97 Å². The van der Waals surface area contributed by atoms with E-state index in [0.717, 1.165) is 0 Å². The number of rotatable bonds is 4. The Morgan fingerprint density at radius 1 is 1.05 bits per heavy atom. The van der Waals surface area contributed by atoms with E-state index in [2.05, 4.69) is 21.2 Å². The van der Waals surface area contributed by atoms with E-state index in [4.69, 9.17) is 4.74 Å². The van der Waals surface area contributed by atoms with Crippen LogP contribution in [0.4, 0.5) is 0 Å². The molecule has 0 saturated heterocycles. The molecule has 0 spiro atoms. The highest BCUT2D eigenvalue weighted by Gasteiger charge is 2.24. The van der Waals surface area contributed by atoms with Crippen LogP contribution in [0.5, 0.6) is 0 Å². The molecule has 0 saturated carbocycles. The zero-order chi connectivity index (χ0) is 15.2. The van der Waals surface area contributed by atoms with Crippen molar-refractivity contribution in [2.45, 2.75) is 6.04 Å². The van der Waals surface area contributed by atoms with Crippen LogP contribution in [0.1, 0.15) is 22.0 Å². The van der Waals surface area contributed by atoms with Gasteiger partial charge in [0.2, 0.25) is 0 Å². The van der Waals surface area contributed by atoms with Gasteiger partial charge in [-0.2, -0.15) is 0 Å². The van der Waals surface area contributed by atoms with Crippen molar-refractivity contribution in [2.75, 3.05) is 7.11 Å². The average molecular weight is 348 g/mol. The van der Waals surface area contributed by atoms with E-state index in [1.807, 2.05) is 12.1 Å². The Labute approximate surface area is 131 Å². The first kappa shape index (κ1) is 15.3. The first-order valence-corrected chi connectivity index (χ1v) is 7.11. The Kier molecular flexibility index (Phi) is 5.11. The van der Waals surface area contributed by atoms with Gasteiger partial charge in [0.25, 0.3) is 5.91 Å². The first-order valence-electron chi connectivity index (χ1n) is 6.31. The highest BCUT2D eigenvalue weighted by atomic mass is 79.9. The van der Waals surface area contributed by atoms with Gasteiger partial charge in [0, 0.05) is 4.47 Å². The predicted octanol–water partition coefficient (Wildman–Crippen LogP) is 3.09. The van der Waals surface area contributed by atoms with Crippen molar-refractivity contribution in [1.82, 2.24) is 5.32 Å². The summed E-state index contributed by atoms with van der Waals surface area (Å²) in [5.74, 6) is -0.858. The third-order valence-electron chi connectivity index (χ3n) is 2.96. The largest absolute Gasteiger partial charge is 0.467 e. The lowest BCUT2D eigenvalue weighted by atomic mass is 10.1. The molecule has 0 aliphatic carbocycles. The molecule has 0 heterocycles. The topological polar surface area (TPSA) is 55.4 Å². The second-order valence-electron chi connectivity index (χ2n) is 4.32. The van der Waals surface area contributed by atoms with Gasteiger partial charge in [-0.3, -0.25) is 4.79 Å². The molecule has 0 aromatic heterocycles. The summed E-state index contributed by atoms with van der Waals surface area (Å²) >= 11 is 3.32. The molecule has 2 aromatic carbocycles. The lowest BCUT2D eigenvalue weighted by Gasteiger charge is -2.17. The molecular formula is C16H14BrNO3.